The number of nitrogens with zero attached hydrogens (tertiary/aromatic N) is 3. The Morgan fingerprint density at radius 3 is 2.92 bits per heavy atom. The standard InChI is InChI=1S/C16H10N4O5S/c21-14(8-19-11-3-1-2-4-12(11)25-16(19)22)18-15-17-10-6-5-9(20(23)24)7-13(10)26-15/h1-7H,8H2,(H,17,18,21). The lowest BCUT2D eigenvalue weighted by Gasteiger charge is -2.02. The van der Waals surface area contributed by atoms with E-state index in [2.05, 4.69) is 10.3 Å². The van der Waals surface area contributed by atoms with Gasteiger partial charge in [-0.1, -0.05) is 23.5 Å². The maximum atomic E-state index is 12.3. The number of nitro groups is 1. The van der Waals surface area contributed by atoms with Crippen LogP contribution in [-0.2, 0) is 11.3 Å². The number of hydrogen-bond donors (Lipinski definition) is 1. The molecule has 0 spiro atoms. The molecule has 2 aromatic heterocycles. The van der Waals surface area contributed by atoms with Crippen LogP contribution in [-0.4, -0.2) is 20.4 Å². The largest absolute Gasteiger partial charge is 0.420 e. The predicted octanol–water partition coefficient (Wildman–Crippen LogP) is 2.75. The fraction of sp³-hybridized carbons (Fsp3) is 0.0625. The lowest BCUT2D eigenvalue weighted by atomic mass is 10.3. The van der Waals surface area contributed by atoms with Crippen LogP contribution >= 0.6 is 11.3 Å². The Bertz CT molecular complexity index is 1220. The molecule has 0 saturated carbocycles. The molecule has 0 radical (unpaired) electrons. The Balaban J connectivity index is 1.58. The molecule has 26 heavy (non-hydrogen) atoms. The highest BCUT2D eigenvalue weighted by atomic mass is 32.1. The third kappa shape index (κ3) is 2.82. The van der Waals surface area contributed by atoms with Gasteiger partial charge in [0.1, 0.15) is 6.54 Å². The van der Waals surface area contributed by atoms with Crippen LogP contribution in [0, 0.1) is 10.1 Å². The molecule has 1 amide bonds. The summed E-state index contributed by atoms with van der Waals surface area (Å²) in [7, 11) is 0. The molecule has 2 aromatic carbocycles. The first kappa shape index (κ1) is 16.0. The second-order valence-electron chi connectivity index (χ2n) is 5.40. The number of amides is 1. The summed E-state index contributed by atoms with van der Waals surface area (Å²) in [6, 6.07) is 11.1. The summed E-state index contributed by atoms with van der Waals surface area (Å²) < 4.78 is 6.89. The van der Waals surface area contributed by atoms with Crippen LogP contribution in [0.3, 0.4) is 0 Å². The van der Waals surface area contributed by atoms with Gasteiger partial charge in [-0.25, -0.2) is 9.78 Å². The number of non-ortho nitro benzene ring substituents is 1. The molecule has 4 rings (SSSR count). The van der Waals surface area contributed by atoms with Crippen molar-refractivity contribution in [1.29, 1.82) is 0 Å². The minimum Gasteiger partial charge on any atom is -0.408 e. The minimum atomic E-state index is -0.624. The third-order valence-electron chi connectivity index (χ3n) is 3.70. The Labute approximate surface area is 148 Å². The van der Waals surface area contributed by atoms with E-state index < -0.39 is 16.6 Å². The SMILES string of the molecule is O=C(Cn1c(=O)oc2ccccc21)Nc1nc2ccc([N+](=O)[O-])cc2s1. The summed E-state index contributed by atoms with van der Waals surface area (Å²) in [5.41, 5.74) is 1.42. The quantitative estimate of drug-likeness (QED) is 0.436. The molecule has 2 heterocycles. The summed E-state index contributed by atoms with van der Waals surface area (Å²) in [5.74, 6) is -1.08. The molecule has 130 valence electrons. The van der Waals surface area contributed by atoms with Crippen molar-refractivity contribution in [2.45, 2.75) is 6.54 Å². The van der Waals surface area contributed by atoms with Gasteiger partial charge in [-0.2, -0.15) is 0 Å². The van der Waals surface area contributed by atoms with Gasteiger partial charge in [-0.05, 0) is 18.2 Å². The zero-order chi connectivity index (χ0) is 18.3. The van der Waals surface area contributed by atoms with Gasteiger partial charge in [0.15, 0.2) is 10.7 Å². The number of oxazole rings is 1. The van der Waals surface area contributed by atoms with Crippen molar-refractivity contribution < 1.29 is 14.1 Å². The highest BCUT2D eigenvalue weighted by Crippen LogP contribution is 2.29. The van der Waals surface area contributed by atoms with Crippen molar-refractivity contribution in [3.05, 3.63) is 63.1 Å². The van der Waals surface area contributed by atoms with E-state index in [1.165, 1.54) is 22.8 Å². The first-order valence-corrected chi connectivity index (χ1v) is 8.26. The van der Waals surface area contributed by atoms with E-state index in [-0.39, 0.29) is 12.2 Å². The second-order valence-corrected chi connectivity index (χ2v) is 6.43. The Kier molecular flexibility index (Phi) is 3.73. The van der Waals surface area contributed by atoms with Gasteiger partial charge >= 0.3 is 5.76 Å². The molecule has 1 N–H and O–H groups in total. The molecule has 10 heteroatoms. The van der Waals surface area contributed by atoms with Crippen molar-refractivity contribution in [3.63, 3.8) is 0 Å². The Morgan fingerprint density at radius 2 is 2.12 bits per heavy atom. The number of anilines is 1. The summed E-state index contributed by atoms with van der Waals surface area (Å²) in [6.07, 6.45) is 0. The number of nitrogens with one attached hydrogen (secondary N) is 1. The van der Waals surface area contributed by atoms with Crippen LogP contribution in [0.15, 0.2) is 51.7 Å². The zero-order valence-electron chi connectivity index (χ0n) is 13.0. The van der Waals surface area contributed by atoms with Crippen molar-refractivity contribution >= 4 is 49.4 Å². The minimum absolute atomic E-state index is 0.0459. The third-order valence-corrected chi connectivity index (χ3v) is 4.64. The van der Waals surface area contributed by atoms with E-state index in [1.54, 1.807) is 24.3 Å². The highest BCUT2D eigenvalue weighted by molar-refractivity contribution is 7.22. The van der Waals surface area contributed by atoms with E-state index in [9.17, 15) is 19.7 Å². The van der Waals surface area contributed by atoms with Crippen LogP contribution in [0.2, 0.25) is 0 Å². The zero-order valence-corrected chi connectivity index (χ0v) is 13.9. The van der Waals surface area contributed by atoms with Gasteiger partial charge in [-0.3, -0.25) is 19.5 Å². The van der Waals surface area contributed by atoms with E-state index >= 15 is 0 Å². The molecule has 0 aliphatic rings. The predicted molar refractivity (Wildman–Crippen MR) is 95.4 cm³/mol. The number of aromatic nitrogens is 2. The molecule has 0 atom stereocenters. The lowest BCUT2D eigenvalue weighted by molar-refractivity contribution is -0.384. The van der Waals surface area contributed by atoms with E-state index in [0.717, 1.165) is 11.3 Å². The van der Waals surface area contributed by atoms with Crippen LogP contribution in [0.4, 0.5) is 10.8 Å². The van der Waals surface area contributed by atoms with E-state index in [0.29, 0.717) is 26.4 Å². The van der Waals surface area contributed by atoms with Crippen molar-refractivity contribution in [3.8, 4) is 0 Å². The number of rotatable bonds is 4. The van der Waals surface area contributed by atoms with Crippen LogP contribution in [0.1, 0.15) is 0 Å². The number of nitro benzene ring substituents is 1. The average Bonchev–Trinajstić information content (AvgIpc) is 3.14. The van der Waals surface area contributed by atoms with Gasteiger partial charge in [0.25, 0.3) is 5.69 Å². The molecule has 4 aromatic rings. The normalized spacial score (nSPS) is 11.1. The number of carbonyl (C=O) groups excluding carboxylic acids is 1. The molecular formula is C16H10N4O5S. The molecule has 0 unspecified atom stereocenters. The number of hydrogen-bond acceptors (Lipinski definition) is 7. The van der Waals surface area contributed by atoms with Crippen molar-refractivity contribution in [2.24, 2.45) is 0 Å². The summed E-state index contributed by atoms with van der Waals surface area (Å²) in [6.45, 7) is -0.230. The van der Waals surface area contributed by atoms with Gasteiger partial charge in [-0.15, -0.1) is 0 Å². The Morgan fingerprint density at radius 1 is 1.31 bits per heavy atom. The van der Waals surface area contributed by atoms with Crippen molar-refractivity contribution in [1.82, 2.24) is 9.55 Å². The molecule has 0 fully saturated rings. The van der Waals surface area contributed by atoms with E-state index in [1.807, 2.05) is 0 Å². The highest BCUT2D eigenvalue weighted by Gasteiger charge is 2.15. The van der Waals surface area contributed by atoms with E-state index in [4.69, 9.17) is 4.42 Å². The summed E-state index contributed by atoms with van der Waals surface area (Å²) >= 11 is 1.12. The molecule has 0 saturated heterocycles. The summed E-state index contributed by atoms with van der Waals surface area (Å²) in [5, 5.41) is 13.7. The maximum Gasteiger partial charge on any atom is 0.420 e. The first-order chi connectivity index (χ1) is 12.5. The van der Waals surface area contributed by atoms with Gasteiger partial charge < -0.3 is 9.73 Å². The number of fused-ring (bicyclic) bond motifs is 2. The maximum absolute atomic E-state index is 12.3. The molecule has 0 aliphatic heterocycles. The Hall–Kier alpha value is -3.53. The van der Waals surface area contributed by atoms with Crippen LogP contribution < -0.4 is 11.1 Å². The molecule has 0 aliphatic carbocycles. The van der Waals surface area contributed by atoms with Gasteiger partial charge in [0.2, 0.25) is 5.91 Å². The molecule has 0 bridgehead atoms. The molecular weight excluding hydrogens is 360 g/mol. The molecule has 9 nitrogen and oxygen atoms in total. The number of thiazole rings is 1. The lowest BCUT2D eigenvalue weighted by Crippen LogP contribution is -2.24. The van der Waals surface area contributed by atoms with Crippen LogP contribution in [0.5, 0.6) is 0 Å². The fourth-order valence-corrected chi connectivity index (χ4v) is 3.46. The average molecular weight is 370 g/mol. The monoisotopic (exact) mass is 370 g/mol. The number of carbonyl (C=O) groups is 1. The van der Waals surface area contributed by atoms with Gasteiger partial charge in [0, 0.05) is 12.1 Å². The van der Waals surface area contributed by atoms with Crippen molar-refractivity contribution in [2.75, 3.05) is 5.32 Å². The van der Waals surface area contributed by atoms with Crippen LogP contribution in [0.25, 0.3) is 21.3 Å². The van der Waals surface area contributed by atoms with Gasteiger partial charge in [0.05, 0.1) is 20.7 Å². The smallest absolute Gasteiger partial charge is 0.408 e. The number of benzene rings is 2. The summed E-state index contributed by atoms with van der Waals surface area (Å²) in [4.78, 5) is 38.7. The first-order valence-electron chi connectivity index (χ1n) is 7.44. The topological polar surface area (TPSA) is 120 Å². The number of para-hydroxylation sites is 2. The second kappa shape index (κ2) is 6.08. The fourth-order valence-electron chi connectivity index (χ4n) is 2.55.